The first-order chi connectivity index (χ1) is 11.0. The Hall–Kier alpha value is -2.72. The summed E-state index contributed by atoms with van der Waals surface area (Å²) in [5, 5.41) is 13.0. The zero-order valence-corrected chi connectivity index (χ0v) is 12.8. The maximum absolute atomic E-state index is 12.8. The number of aliphatic hydroxyl groups is 1. The van der Waals surface area contributed by atoms with Gasteiger partial charge in [0, 0.05) is 21.2 Å². The smallest absolute Gasteiger partial charge is 0.281 e. The van der Waals surface area contributed by atoms with Crippen molar-refractivity contribution in [2.24, 2.45) is 0 Å². The third kappa shape index (κ3) is 1.75. The second kappa shape index (κ2) is 4.64. The lowest BCUT2D eigenvalue weighted by atomic mass is 9.98. The lowest BCUT2D eigenvalue weighted by Crippen LogP contribution is -2.32. The number of hydrogen-bond acceptors (Lipinski definition) is 4. The minimum absolute atomic E-state index is 0.112. The normalized spacial score (nSPS) is 13.1. The van der Waals surface area contributed by atoms with E-state index in [0.29, 0.717) is 31.6 Å². The van der Waals surface area contributed by atoms with Crippen molar-refractivity contribution in [3.63, 3.8) is 0 Å². The van der Waals surface area contributed by atoms with Crippen molar-refractivity contribution >= 4 is 39.0 Å². The van der Waals surface area contributed by atoms with Gasteiger partial charge in [-0.05, 0) is 24.4 Å². The summed E-state index contributed by atoms with van der Waals surface area (Å²) in [7, 11) is 0. The third-order valence-corrected chi connectivity index (χ3v) is 4.41. The van der Waals surface area contributed by atoms with Gasteiger partial charge < -0.3 is 5.11 Å². The number of hydrogen-bond donors (Lipinski definition) is 1. The minimum Gasteiger partial charge on any atom is -0.512 e. The van der Waals surface area contributed by atoms with Crippen LogP contribution in [0.4, 0.5) is 0 Å². The molecule has 23 heavy (non-hydrogen) atoms. The highest BCUT2D eigenvalue weighted by Crippen LogP contribution is 2.23. The maximum atomic E-state index is 12.8. The number of halogens is 1. The number of benzene rings is 2. The molecule has 2 aromatic carbocycles. The van der Waals surface area contributed by atoms with E-state index in [9.17, 15) is 14.7 Å². The van der Waals surface area contributed by atoms with Crippen molar-refractivity contribution in [1.82, 2.24) is 4.98 Å². The first kappa shape index (κ1) is 13.9. The Morgan fingerprint density at radius 3 is 2.39 bits per heavy atom. The number of aromatic nitrogens is 1. The molecule has 2 aromatic rings. The van der Waals surface area contributed by atoms with Crippen LogP contribution < -0.4 is 16.2 Å². The molecule has 0 unspecified atom stereocenters. The van der Waals surface area contributed by atoms with Crippen LogP contribution in [0, 0.1) is 10.4 Å². The van der Waals surface area contributed by atoms with Crippen LogP contribution in [-0.2, 0) is 0 Å². The molecule has 1 aliphatic carbocycles. The summed E-state index contributed by atoms with van der Waals surface area (Å²) in [5.74, 6) is -0.130. The molecule has 0 saturated heterocycles. The second-order valence-electron chi connectivity index (χ2n) is 5.45. The number of aliphatic hydroxyl groups excluding tert-OH is 1. The quantitative estimate of drug-likeness (QED) is 0.539. The fraction of sp³-hybridized carbons (Fsp3) is 0.0556. The van der Waals surface area contributed by atoms with Gasteiger partial charge in [-0.1, -0.05) is 35.9 Å². The highest BCUT2D eigenvalue weighted by molar-refractivity contribution is 6.34. The van der Waals surface area contributed by atoms with E-state index < -0.39 is 5.56 Å². The number of rotatable bonds is 0. The zero-order chi connectivity index (χ0) is 16.3. The molecule has 4 nitrogen and oxygen atoms in total. The van der Waals surface area contributed by atoms with Gasteiger partial charge in [-0.25, -0.2) is 4.98 Å². The van der Waals surface area contributed by atoms with Gasteiger partial charge in [-0.2, -0.15) is 0 Å². The summed E-state index contributed by atoms with van der Waals surface area (Å²) in [6, 6.07) is 10.2. The molecule has 0 amide bonds. The lowest BCUT2D eigenvalue weighted by Gasteiger charge is -2.07. The average molecular weight is 324 g/mol. The van der Waals surface area contributed by atoms with Crippen LogP contribution in [0.2, 0.25) is 5.02 Å². The first-order valence-corrected chi connectivity index (χ1v) is 7.38. The van der Waals surface area contributed by atoms with Crippen molar-refractivity contribution < 1.29 is 5.11 Å². The molecule has 0 radical (unpaired) electrons. The Kier molecular flexibility index (Phi) is 2.80. The van der Waals surface area contributed by atoms with Gasteiger partial charge in [0.25, 0.3) is 5.56 Å². The van der Waals surface area contributed by atoms with Crippen LogP contribution in [0.1, 0.15) is 6.92 Å². The second-order valence-corrected chi connectivity index (χ2v) is 5.85. The zero-order valence-electron chi connectivity index (χ0n) is 12.1. The Morgan fingerprint density at radius 2 is 1.70 bits per heavy atom. The van der Waals surface area contributed by atoms with Gasteiger partial charge in [-0.15, -0.1) is 0 Å². The molecule has 1 aliphatic heterocycles. The predicted molar refractivity (Wildman–Crippen MR) is 90.2 cm³/mol. The Bertz CT molecular complexity index is 1330. The molecular formula is C18H10ClNO3. The molecule has 1 heterocycles. The summed E-state index contributed by atoms with van der Waals surface area (Å²) in [6.07, 6.45) is 0. The number of nitrogens with zero attached hydrogens (tertiary/aromatic N) is 1. The van der Waals surface area contributed by atoms with Gasteiger partial charge in [-0.3, -0.25) is 9.59 Å². The number of fused-ring (bicyclic) bond motifs is 2. The summed E-state index contributed by atoms with van der Waals surface area (Å²) < 4.78 is 0. The fourth-order valence-corrected chi connectivity index (χ4v) is 3.36. The summed E-state index contributed by atoms with van der Waals surface area (Å²) in [5.41, 5.74) is -0.413. The van der Waals surface area contributed by atoms with E-state index in [1.807, 2.05) is 0 Å². The van der Waals surface area contributed by atoms with Gasteiger partial charge in [0.2, 0.25) is 0 Å². The lowest BCUT2D eigenvalue weighted by molar-refractivity contribution is 0.498. The molecule has 112 valence electrons. The maximum Gasteiger partial charge on any atom is 0.281 e. The molecular weight excluding hydrogens is 314 g/mol. The van der Waals surface area contributed by atoms with Crippen LogP contribution in [0.5, 0.6) is 0 Å². The Labute approximate surface area is 134 Å². The molecule has 0 saturated carbocycles. The van der Waals surface area contributed by atoms with E-state index in [1.54, 1.807) is 36.4 Å². The summed E-state index contributed by atoms with van der Waals surface area (Å²) in [6.45, 7) is 1.43. The van der Waals surface area contributed by atoms with Crippen molar-refractivity contribution in [3.8, 4) is 0 Å². The molecule has 0 spiro atoms. The molecule has 0 fully saturated rings. The molecule has 0 atom stereocenters. The largest absolute Gasteiger partial charge is 0.512 e. The van der Waals surface area contributed by atoms with Crippen LogP contribution in [0.25, 0.3) is 27.4 Å². The Morgan fingerprint density at radius 1 is 1.00 bits per heavy atom. The molecule has 1 N–H and O–H groups in total. The topological polar surface area (TPSA) is 67.3 Å². The first-order valence-electron chi connectivity index (χ1n) is 7.01. The monoisotopic (exact) mass is 323 g/mol. The minimum atomic E-state index is -0.560. The van der Waals surface area contributed by atoms with Crippen LogP contribution in [-0.4, -0.2) is 10.1 Å². The van der Waals surface area contributed by atoms with E-state index in [4.69, 9.17) is 11.6 Å². The van der Waals surface area contributed by atoms with Gasteiger partial charge in [0.1, 0.15) is 5.76 Å². The van der Waals surface area contributed by atoms with Crippen molar-refractivity contribution in [2.45, 2.75) is 6.92 Å². The molecule has 5 heteroatoms. The third-order valence-electron chi connectivity index (χ3n) is 4.10. The van der Waals surface area contributed by atoms with Crippen molar-refractivity contribution in [2.75, 3.05) is 0 Å². The molecule has 0 aromatic heterocycles. The van der Waals surface area contributed by atoms with Gasteiger partial charge in [0.15, 0.2) is 5.43 Å². The highest BCUT2D eigenvalue weighted by atomic mass is 35.5. The van der Waals surface area contributed by atoms with E-state index in [-0.39, 0.29) is 21.9 Å². The summed E-state index contributed by atoms with van der Waals surface area (Å²) >= 11 is 6.18. The molecule has 2 aliphatic rings. The SMILES string of the molecule is C/C(O)=c1\c(=O)nc2c(Cl)ccc3c2=c1c1ccccc1c3=O. The van der Waals surface area contributed by atoms with E-state index in [2.05, 4.69) is 4.98 Å². The molecule has 4 rings (SSSR count). The van der Waals surface area contributed by atoms with Crippen LogP contribution in [0.15, 0.2) is 46.0 Å². The van der Waals surface area contributed by atoms with Crippen molar-refractivity contribution in [1.29, 1.82) is 0 Å². The molecule has 0 bridgehead atoms. The highest BCUT2D eigenvalue weighted by Gasteiger charge is 2.15. The average Bonchev–Trinajstić information content (AvgIpc) is 2.53. The summed E-state index contributed by atoms with van der Waals surface area (Å²) in [4.78, 5) is 29.1. The van der Waals surface area contributed by atoms with Gasteiger partial charge in [0.05, 0.1) is 15.8 Å². The van der Waals surface area contributed by atoms with E-state index >= 15 is 0 Å². The van der Waals surface area contributed by atoms with E-state index in [1.165, 1.54) is 6.92 Å². The van der Waals surface area contributed by atoms with E-state index in [0.717, 1.165) is 0 Å². The Balaban J connectivity index is 2.71. The predicted octanol–water partition coefficient (Wildman–Crippen LogP) is 2.33. The van der Waals surface area contributed by atoms with Crippen LogP contribution in [0.3, 0.4) is 0 Å². The fourth-order valence-electron chi connectivity index (χ4n) is 3.16. The van der Waals surface area contributed by atoms with Crippen molar-refractivity contribution in [3.05, 3.63) is 77.7 Å². The standard InChI is InChI=1S/C18H10ClNO3/c1-8(21)13-14-9-4-2-3-5-10(9)17(22)11-6-7-12(19)16(15(11)14)20-18(13)23/h2-7,21H,1H3/b13-8+. The van der Waals surface area contributed by atoms with Crippen LogP contribution >= 0.6 is 11.6 Å². The van der Waals surface area contributed by atoms with Gasteiger partial charge >= 0.3 is 0 Å².